The van der Waals surface area contributed by atoms with Crippen molar-refractivity contribution in [3.63, 3.8) is 0 Å². The fraction of sp³-hybridized carbons (Fsp3) is 0.312. The average molecular weight is 343 g/mol. The van der Waals surface area contributed by atoms with Crippen LogP contribution in [0.15, 0.2) is 47.6 Å². The van der Waals surface area contributed by atoms with E-state index in [1.807, 2.05) is 11.0 Å². The highest BCUT2D eigenvalue weighted by molar-refractivity contribution is 7.89. The summed E-state index contributed by atoms with van der Waals surface area (Å²) in [5.41, 5.74) is 0.430. The number of nitriles is 1. The molecule has 0 saturated carbocycles. The van der Waals surface area contributed by atoms with E-state index in [-0.39, 0.29) is 10.9 Å². The third kappa shape index (κ3) is 3.69. The molecule has 1 aliphatic heterocycles. The SMILES string of the molecule is N#Cc1ccc(S(=O)(=O)N[C@H]2CCCN(c3ncccn3)C2)cc1. The maximum absolute atomic E-state index is 12.5. The van der Waals surface area contributed by atoms with Gasteiger partial charge in [0.1, 0.15) is 0 Å². The summed E-state index contributed by atoms with van der Waals surface area (Å²) < 4.78 is 27.7. The molecule has 0 unspecified atom stereocenters. The highest BCUT2D eigenvalue weighted by atomic mass is 32.2. The van der Waals surface area contributed by atoms with E-state index in [2.05, 4.69) is 14.7 Å². The number of aromatic nitrogens is 2. The van der Waals surface area contributed by atoms with Crippen molar-refractivity contribution >= 4 is 16.0 Å². The third-order valence-electron chi connectivity index (χ3n) is 3.87. The predicted molar refractivity (Wildman–Crippen MR) is 88.7 cm³/mol. The molecule has 2 heterocycles. The lowest BCUT2D eigenvalue weighted by Gasteiger charge is -2.32. The van der Waals surface area contributed by atoms with Gasteiger partial charge in [0.05, 0.1) is 16.5 Å². The van der Waals surface area contributed by atoms with E-state index in [9.17, 15) is 8.42 Å². The Bertz CT molecular complexity index is 831. The quantitative estimate of drug-likeness (QED) is 0.898. The summed E-state index contributed by atoms with van der Waals surface area (Å²) in [5.74, 6) is 0.611. The van der Waals surface area contributed by atoms with Crippen LogP contribution in [0.4, 0.5) is 5.95 Å². The second-order valence-electron chi connectivity index (χ2n) is 5.59. The van der Waals surface area contributed by atoms with Gasteiger partial charge in [-0.1, -0.05) is 0 Å². The van der Waals surface area contributed by atoms with Gasteiger partial charge in [0.2, 0.25) is 16.0 Å². The summed E-state index contributed by atoms with van der Waals surface area (Å²) in [6.45, 7) is 1.33. The van der Waals surface area contributed by atoms with Gasteiger partial charge in [-0.25, -0.2) is 23.1 Å². The summed E-state index contributed by atoms with van der Waals surface area (Å²) in [6, 6.07) is 9.41. The molecule has 0 aliphatic carbocycles. The van der Waals surface area contributed by atoms with Crippen LogP contribution in [0, 0.1) is 11.3 Å². The fourth-order valence-electron chi connectivity index (χ4n) is 2.71. The van der Waals surface area contributed by atoms with Crippen molar-refractivity contribution < 1.29 is 8.42 Å². The van der Waals surface area contributed by atoms with E-state index >= 15 is 0 Å². The number of nitrogens with zero attached hydrogens (tertiary/aromatic N) is 4. The molecule has 2 aromatic rings. The van der Waals surface area contributed by atoms with Crippen LogP contribution < -0.4 is 9.62 Å². The van der Waals surface area contributed by atoms with Gasteiger partial charge >= 0.3 is 0 Å². The van der Waals surface area contributed by atoms with E-state index < -0.39 is 10.0 Å². The Hall–Kier alpha value is -2.50. The lowest BCUT2D eigenvalue weighted by Crippen LogP contribution is -2.48. The van der Waals surface area contributed by atoms with Crippen LogP contribution in [0.2, 0.25) is 0 Å². The summed E-state index contributed by atoms with van der Waals surface area (Å²) in [4.78, 5) is 10.6. The van der Waals surface area contributed by atoms with E-state index in [0.717, 1.165) is 19.4 Å². The molecule has 0 amide bonds. The van der Waals surface area contributed by atoms with Gasteiger partial charge in [-0.15, -0.1) is 0 Å². The molecule has 8 heteroatoms. The first-order valence-corrected chi connectivity index (χ1v) is 9.11. The Morgan fingerprint density at radius 3 is 2.58 bits per heavy atom. The average Bonchev–Trinajstić information content (AvgIpc) is 2.62. The maximum Gasteiger partial charge on any atom is 0.240 e. The van der Waals surface area contributed by atoms with Gasteiger partial charge in [-0.3, -0.25) is 0 Å². The fourth-order valence-corrected chi connectivity index (χ4v) is 3.97. The topological polar surface area (TPSA) is 99.0 Å². The molecule has 1 saturated heterocycles. The molecule has 0 bridgehead atoms. The van der Waals surface area contributed by atoms with Crippen LogP contribution in [0.3, 0.4) is 0 Å². The molecule has 0 radical (unpaired) electrons. The largest absolute Gasteiger partial charge is 0.339 e. The second-order valence-corrected chi connectivity index (χ2v) is 7.31. The molecule has 124 valence electrons. The van der Waals surface area contributed by atoms with Crippen molar-refractivity contribution in [2.45, 2.75) is 23.8 Å². The zero-order valence-electron chi connectivity index (χ0n) is 13.0. The Balaban J connectivity index is 1.71. The van der Waals surface area contributed by atoms with Crippen LogP contribution in [-0.2, 0) is 10.0 Å². The molecular weight excluding hydrogens is 326 g/mol. The minimum Gasteiger partial charge on any atom is -0.339 e. The number of benzene rings is 1. The van der Waals surface area contributed by atoms with Crippen molar-refractivity contribution in [2.24, 2.45) is 0 Å². The molecule has 0 spiro atoms. The smallest absolute Gasteiger partial charge is 0.240 e. The molecule has 1 aromatic carbocycles. The number of piperidine rings is 1. The summed E-state index contributed by atoms with van der Waals surface area (Å²) in [7, 11) is -3.62. The summed E-state index contributed by atoms with van der Waals surface area (Å²) in [5, 5.41) is 8.80. The molecule has 1 fully saturated rings. The lowest BCUT2D eigenvalue weighted by atomic mass is 10.1. The minimum absolute atomic E-state index is 0.162. The Kier molecular flexibility index (Phi) is 4.74. The number of anilines is 1. The highest BCUT2D eigenvalue weighted by Gasteiger charge is 2.26. The first kappa shape index (κ1) is 16.4. The van der Waals surface area contributed by atoms with Crippen molar-refractivity contribution in [2.75, 3.05) is 18.0 Å². The van der Waals surface area contributed by atoms with E-state index in [1.54, 1.807) is 18.5 Å². The van der Waals surface area contributed by atoms with E-state index in [4.69, 9.17) is 5.26 Å². The van der Waals surface area contributed by atoms with Crippen molar-refractivity contribution in [1.29, 1.82) is 5.26 Å². The zero-order chi connectivity index (χ0) is 17.0. The van der Waals surface area contributed by atoms with E-state index in [1.165, 1.54) is 24.3 Å². The zero-order valence-corrected chi connectivity index (χ0v) is 13.8. The van der Waals surface area contributed by atoms with Gasteiger partial charge in [-0.05, 0) is 43.2 Å². The molecule has 1 aromatic heterocycles. The third-order valence-corrected chi connectivity index (χ3v) is 5.41. The van der Waals surface area contributed by atoms with Gasteiger partial charge < -0.3 is 4.90 Å². The Morgan fingerprint density at radius 1 is 1.21 bits per heavy atom. The molecule has 1 atom stereocenters. The summed E-state index contributed by atoms with van der Waals surface area (Å²) in [6.07, 6.45) is 4.97. The minimum atomic E-state index is -3.62. The maximum atomic E-state index is 12.5. The van der Waals surface area contributed by atoms with Crippen molar-refractivity contribution in [3.8, 4) is 6.07 Å². The predicted octanol–water partition coefficient (Wildman–Crippen LogP) is 1.30. The first-order valence-electron chi connectivity index (χ1n) is 7.63. The molecule has 24 heavy (non-hydrogen) atoms. The van der Waals surface area contributed by atoms with Crippen LogP contribution >= 0.6 is 0 Å². The number of sulfonamides is 1. The summed E-state index contributed by atoms with van der Waals surface area (Å²) >= 11 is 0. The van der Waals surface area contributed by atoms with Crippen molar-refractivity contribution in [1.82, 2.24) is 14.7 Å². The number of hydrogen-bond acceptors (Lipinski definition) is 6. The number of hydrogen-bond donors (Lipinski definition) is 1. The molecular formula is C16H17N5O2S. The standard InChI is InChI=1S/C16H17N5O2S/c17-11-13-4-6-15(7-5-13)24(22,23)20-14-3-1-10-21(12-14)16-18-8-2-9-19-16/h2,4-9,14,20H,1,3,10,12H2/t14-/m0/s1. The van der Waals surface area contributed by atoms with Crippen LogP contribution in [0.5, 0.6) is 0 Å². The molecule has 1 N–H and O–H groups in total. The van der Waals surface area contributed by atoms with Gasteiger partial charge in [0.15, 0.2) is 0 Å². The van der Waals surface area contributed by atoms with Gasteiger partial charge in [0, 0.05) is 31.5 Å². The molecule has 1 aliphatic rings. The second kappa shape index (κ2) is 6.95. The van der Waals surface area contributed by atoms with Gasteiger partial charge in [0.25, 0.3) is 0 Å². The normalized spacial score (nSPS) is 18.1. The first-order chi connectivity index (χ1) is 11.6. The monoisotopic (exact) mass is 343 g/mol. The Morgan fingerprint density at radius 2 is 1.92 bits per heavy atom. The Labute approximate surface area is 141 Å². The van der Waals surface area contributed by atoms with Gasteiger partial charge in [-0.2, -0.15) is 5.26 Å². The number of nitrogens with one attached hydrogen (secondary N) is 1. The van der Waals surface area contributed by atoms with Crippen LogP contribution in [-0.4, -0.2) is 37.5 Å². The number of rotatable bonds is 4. The highest BCUT2D eigenvalue weighted by Crippen LogP contribution is 2.18. The molecule has 3 rings (SSSR count). The van der Waals surface area contributed by atoms with Crippen LogP contribution in [0.1, 0.15) is 18.4 Å². The van der Waals surface area contributed by atoms with Crippen molar-refractivity contribution in [3.05, 3.63) is 48.3 Å². The molecule has 7 nitrogen and oxygen atoms in total. The van der Waals surface area contributed by atoms with E-state index in [0.29, 0.717) is 18.1 Å². The lowest BCUT2D eigenvalue weighted by molar-refractivity contribution is 0.461. The van der Waals surface area contributed by atoms with Crippen LogP contribution in [0.25, 0.3) is 0 Å².